The first-order valence-electron chi connectivity index (χ1n) is 11.9. The van der Waals surface area contributed by atoms with Crippen molar-refractivity contribution in [1.29, 1.82) is 0 Å². The van der Waals surface area contributed by atoms with Crippen LogP contribution in [0, 0.1) is 11.7 Å². The predicted molar refractivity (Wildman–Crippen MR) is 132 cm³/mol. The molecule has 1 aromatic heterocycles. The molecule has 1 atom stereocenters. The van der Waals surface area contributed by atoms with E-state index < -0.39 is 15.7 Å². The lowest BCUT2D eigenvalue weighted by Crippen LogP contribution is -2.42. The van der Waals surface area contributed by atoms with Crippen LogP contribution in [0.1, 0.15) is 50.8 Å². The standard InChI is InChI=1S/C24H33FN4O3S2/c1-17(2)13-28(23(33)27-20-9-10-20)14-21-12-26-24(29(21)15-22-4-3-11-32-22)34(30,31)16-18-5-7-19(25)8-6-18/h5-8,12,17,20,22H,3-4,9-11,13-16H2,1-2H3,(H,27,33)/t22-/m0/s1. The molecule has 1 N–H and O–H groups in total. The highest BCUT2D eigenvalue weighted by molar-refractivity contribution is 7.90. The molecule has 1 saturated heterocycles. The van der Waals surface area contributed by atoms with Gasteiger partial charge in [0.25, 0.3) is 0 Å². The van der Waals surface area contributed by atoms with E-state index in [-0.39, 0.29) is 17.0 Å². The minimum atomic E-state index is -3.76. The third-order valence-electron chi connectivity index (χ3n) is 5.99. The Kier molecular flexibility index (Phi) is 7.89. The minimum absolute atomic E-state index is 0.0212. The number of benzene rings is 1. The maximum Gasteiger partial charge on any atom is 0.228 e. The Hall–Kier alpha value is -2.04. The number of rotatable bonds is 10. The van der Waals surface area contributed by atoms with Crippen molar-refractivity contribution in [3.63, 3.8) is 0 Å². The molecule has 1 aromatic carbocycles. The Labute approximate surface area is 206 Å². The number of aromatic nitrogens is 2. The van der Waals surface area contributed by atoms with E-state index in [9.17, 15) is 12.8 Å². The average molecular weight is 509 g/mol. The van der Waals surface area contributed by atoms with Crippen molar-refractivity contribution < 1.29 is 17.5 Å². The van der Waals surface area contributed by atoms with Gasteiger partial charge < -0.3 is 19.5 Å². The fraction of sp³-hybridized carbons (Fsp3) is 0.583. The summed E-state index contributed by atoms with van der Waals surface area (Å²) in [5, 5.41) is 4.11. The van der Waals surface area contributed by atoms with Crippen LogP contribution in [0.4, 0.5) is 4.39 Å². The molecule has 2 fully saturated rings. The van der Waals surface area contributed by atoms with Crippen molar-refractivity contribution in [2.75, 3.05) is 13.2 Å². The van der Waals surface area contributed by atoms with E-state index >= 15 is 0 Å². The molecule has 1 aliphatic carbocycles. The van der Waals surface area contributed by atoms with Gasteiger partial charge in [-0.05, 0) is 61.5 Å². The molecular formula is C24H33FN4O3S2. The van der Waals surface area contributed by atoms with Crippen LogP contribution in [0.2, 0.25) is 0 Å². The first kappa shape index (κ1) is 25.1. The number of nitrogens with zero attached hydrogens (tertiary/aromatic N) is 3. The number of nitrogens with one attached hydrogen (secondary N) is 1. The molecule has 1 aliphatic heterocycles. The first-order chi connectivity index (χ1) is 16.2. The number of thiocarbonyl (C=S) groups is 1. The summed E-state index contributed by atoms with van der Waals surface area (Å²) in [5.74, 6) is -0.258. The van der Waals surface area contributed by atoms with Crippen LogP contribution in [0.25, 0.3) is 0 Å². The Morgan fingerprint density at radius 1 is 1.29 bits per heavy atom. The van der Waals surface area contributed by atoms with E-state index in [1.54, 1.807) is 10.8 Å². The Morgan fingerprint density at radius 2 is 2.03 bits per heavy atom. The van der Waals surface area contributed by atoms with Crippen molar-refractivity contribution in [1.82, 2.24) is 19.8 Å². The van der Waals surface area contributed by atoms with E-state index in [0.717, 1.165) is 37.9 Å². The number of hydrogen-bond acceptors (Lipinski definition) is 5. The summed E-state index contributed by atoms with van der Waals surface area (Å²) in [4.78, 5) is 6.46. The first-order valence-corrected chi connectivity index (χ1v) is 14.0. The van der Waals surface area contributed by atoms with Crippen molar-refractivity contribution in [2.24, 2.45) is 5.92 Å². The fourth-order valence-electron chi connectivity index (χ4n) is 4.17. The van der Waals surface area contributed by atoms with Gasteiger partial charge >= 0.3 is 0 Å². The summed E-state index contributed by atoms with van der Waals surface area (Å²) in [5.41, 5.74) is 1.31. The monoisotopic (exact) mass is 508 g/mol. The van der Waals surface area contributed by atoms with Crippen molar-refractivity contribution >= 4 is 27.2 Å². The normalized spacial score (nSPS) is 18.4. The molecule has 0 radical (unpaired) electrons. The smallest absolute Gasteiger partial charge is 0.228 e. The predicted octanol–water partition coefficient (Wildman–Crippen LogP) is 3.67. The van der Waals surface area contributed by atoms with Gasteiger partial charge in [0.05, 0.1) is 36.8 Å². The number of ether oxygens (including phenoxy) is 1. The van der Waals surface area contributed by atoms with Crippen LogP contribution in [-0.2, 0) is 33.4 Å². The minimum Gasteiger partial charge on any atom is -0.376 e. The Balaban J connectivity index is 1.62. The van der Waals surface area contributed by atoms with Gasteiger partial charge in [-0.15, -0.1) is 0 Å². The average Bonchev–Trinajstić information content (AvgIpc) is 3.26. The molecule has 186 valence electrons. The maximum atomic E-state index is 13.4. The second kappa shape index (κ2) is 10.7. The van der Waals surface area contributed by atoms with E-state index in [0.29, 0.717) is 42.3 Å². The molecule has 2 aromatic rings. The Bertz CT molecular complexity index is 1090. The molecule has 7 nitrogen and oxygen atoms in total. The molecule has 2 aliphatic rings. The van der Waals surface area contributed by atoms with Crippen molar-refractivity contribution in [3.05, 3.63) is 47.5 Å². The van der Waals surface area contributed by atoms with E-state index in [1.165, 1.54) is 24.3 Å². The highest BCUT2D eigenvalue weighted by Crippen LogP contribution is 2.24. The lowest BCUT2D eigenvalue weighted by molar-refractivity contribution is 0.0936. The quantitative estimate of drug-likeness (QED) is 0.491. The van der Waals surface area contributed by atoms with Gasteiger partial charge in [-0.3, -0.25) is 0 Å². The zero-order valence-electron chi connectivity index (χ0n) is 19.7. The van der Waals surface area contributed by atoms with Gasteiger partial charge in [0, 0.05) is 19.2 Å². The van der Waals surface area contributed by atoms with E-state index in [2.05, 4.69) is 29.0 Å². The Morgan fingerprint density at radius 3 is 2.65 bits per heavy atom. The zero-order chi connectivity index (χ0) is 24.3. The van der Waals surface area contributed by atoms with Crippen LogP contribution >= 0.6 is 12.2 Å². The maximum absolute atomic E-state index is 13.4. The molecule has 4 rings (SSSR count). The van der Waals surface area contributed by atoms with Gasteiger partial charge in [-0.2, -0.15) is 0 Å². The SMILES string of the molecule is CC(C)CN(Cc1cnc(S(=O)(=O)Cc2ccc(F)cc2)n1C[C@@H]1CCCO1)C(=S)NC1CC1. The molecule has 10 heteroatoms. The summed E-state index contributed by atoms with van der Waals surface area (Å²) in [6, 6.07) is 5.96. The number of hydrogen-bond donors (Lipinski definition) is 1. The highest BCUT2D eigenvalue weighted by Gasteiger charge is 2.29. The van der Waals surface area contributed by atoms with Crippen molar-refractivity contribution in [2.45, 2.75) is 75.7 Å². The summed E-state index contributed by atoms with van der Waals surface area (Å²) in [7, 11) is -3.76. The number of sulfone groups is 1. The van der Waals surface area contributed by atoms with Gasteiger partial charge in [0.15, 0.2) is 5.11 Å². The lowest BCUT2D eigenvalue weighted by atomic mass is 10.2. The van der Waals surface area contributed by atoms with Crippen molar-refractivity contribution in [3.8, 4) is 0 Å². The number of imidazole rings is 1. The third-order valence-corrected chi connectivity index (χ3v) is 7.96. The summed E-state index contributed by atoms with van der Waals surface area (Å²) in [6.45, 7) is 6.58. The summed E-state index contributed by atoms with van der Waals surface area (Å²) >= 11 is 5.69. The van der Waals surface area contributed by atoms with E-state index in [1.807, 2.05) is 0 Å². The van der Waals surface area contributed by atoms with E-state index in [4.69, 9.17) is 17.0 Å². The van der Waals surface area contributed by atoms with Crippen LogP contribution in [0.3, 0.4) is 0 Å². The number of halogens is 1. The van der Waals surface area contributed by atoms with Gasteiger partial charge in [0.1, 0.15) is 5.82 Å². The lowest BCUT2D eigenvalue weighted by Gasteiger charge is -2.28. The highest BCUT2D eigenvalue weighted by atomic mass is 32.2. The molecule has 0 unspecified atom stereocenters. The van der Waals surface area contributed by atoms with Crippen LogP contribution in [-0.4, -0.2) is 53.3 Å². The van der Waals surface area contributed by atoms with Gasteiger partial charge in [0.2, 0.25) is 15.0 Å². The molecule has 0 amide bonds. The van der Waals surface area contributed by atoms with Crippen LogP contribution in [0.15, 0.2) is 35.6 Å². The molecule has 34 heavy (non-hydrogen) atoms. The second-order valence-corrected chi connectivity index (χ2v) is 11.9. The summed E-state index contributed by atoms with van der Waals surface area (Å²) < 4.78 is 47.7. The third kappa shape index (κ3) is 6.55. The second-order valence-electron chi connectivity index (χ2n) is 9.66. The molecular weight excluding hydrogens is 475 g/mol. The molecule has 0 spiro atoms. The van der Waals surface area contributed by atoms with Gasteiger partial charge in [-0.25, -0.2) is 17.8 Å². The molecule has 1 saturated carbocycles. The zero-order valence-corrected chi connectivity index (χ0v) is 21.4. The van der Waals surface area contributed by atoms with Gasteiger partial charge in [-0.1, -0.05) is 26.0 Å². The van der Waals surface area contributed by atoms with Crippen LogP contribution < -0.4 is 5.32 Å². The molecule has 2 heterocycles. The summed E-state index contributed by atoms with van der Waals surface area (Å²) in [6.07, 6.45) is 5.67. The topological polar surface area (TPSA) is 76.5 Å². The fourth-order valence-corrected chi connectivity index (χ4v) is 5.97. The molecule has 0 bridgehead atoms. The van der Waals surface area contributed by atoms with Crippen LogP contribution in [0.5, 0.6) is 0 Å². The largest absolute Gasteiger partial charge is 0.376 e.